The number of aromatic hydroxyl groups is 1. The van der Waals surface area contributed by atoms with Crippen LogP contribution in [-0.4, -0.2) is 44.8 Å². The Morgan fingerprint density at radius 3 is 2.67 bits per heavy atom. The monoisotopic (exact) mass is 246 g/mol. The molecule has 0 unspecified atom stereocenters. The average Bonchev–Trinajstić information content (AvgIpc) is 2.71. The van der Waals surface area contributed by atoms with Crippen LogP contribution in [0.5, 0.6) is 5.75 Å². The number of nitrogens with zero attached hydrogens (tertiary/aromatic N) is 4. The minimum atomic E-state index is -0.157. The van der Waals surface area contributed by atoms with Crippen LogP contribution >= 0.6 is 0 Å². The van der Waals surface area contributed by atoms with Gasteiger partial charge < -0.3 is 10.0 Å². The normalized spacial score (nSPS) is 10.4. The minimum absolute atomic E-state index is 0.102. The fraction of sp³-hybridized carbons (Fsp3) is 0.250. The maximum absolute atomic E-state index is 11.8. The fourth-order valence-corrected chi connectivity index (χ4v) is 1.58. The molecule has 2 heterocycles. The molecule has 0 radical (unpaired) electrons. The van der Waals surface area contributed by atoms with E-state index in [4.69, 9.17) is 0 Å². The van der Waals surface area contributed by atoms with Crippen LogP contribution < -0.4 is 0 Å². The molecule has 1 N–H and O–H groups in total. The maximum Gasteiger partial charge on any atom is 0.273 e. The lowest BCUT2D eigenvalue weighted by Gasteiger charge is -2.06. The summed E-state index contributed by atoms with van der Waals surface area (Å²) in [6.45, 7) is 0. The van der Waals surface area contributed by atoms with Gasteiger partial charge in [-0.05, 0) is 18.2 Å². The quantitative estimate of drug-likeness (QED) is 0.854. The summed E-state index contributed by atoms with van der Waals surface area (Å²) in [5.41, 5.74) is 1.74. The van der Waals surface area contributed by atoms with Crippen molar-refractivity contribution in [2.75, 3.05) is 14.1 Å². The molecular weight excluding hydrogens is 232 g/mol. The summed E-state index contributed by atoms with van der Waals surface area (Å²) in [6, 6.07) is 4.90. The zero-order chi connectivity index (χ0) is 13.3. The van der Waals surface area contributed by atoms with Gasteiger partial charge in [0, 0.05) is 21.1 Å². The number of hydrogen-bond acceptors (Lipinski definition) is 4. The van der Waals surface area contributed by atoms with Crippen molar-refractivity contribution in [3.05, 3.63) is 30.1 Å². The smallest absolute Gasteiger partial charge is 0.273 e. The number of pyridine rings is 1. The number of carbonyl (C=O) groups excluding carboxylic acids is 1. The Hall–Kier alpha value is -2.37. The number of aromatic nitrogens is 3. The van der Waals surface area contributed by atoms with Crippen molar-refractivity contribution in [2.45, 2.75) is 0 Å². The van der Waals surface area contributed by atoms with Crippen molar-refractivity contribution in [3.8, 4) is 17.1 Å². The van der Waals surface area contributed by atoms with E-state index in [-0.39, 0.29) is 11.7 Å². The Balaban J connectivity index is 2.41. The first-order chi connectivity index (χ1) is 8.49. The highest BCUT2D eigenvalue weighted by Gasteiger charge is 2.15. The largest absolute Gasteiger partial charge is 0.506 e. The first-order valence-electron chi connectivity index (χ1n) is 5.40. The lowest BCUT2D eigenvalue weighted by Crippen LogP contribution is -2.22. The van der Waals surface area contributed by atoms with Crippen LogP contribution in [0.3, 0.4) is 0 Å². The van der Waals surface area contributed by atoms with Gasteiger partial charge in [0.05, 0.1) is 17.6 Å². The lowest BCUT2D eigenvalue weighted by atomic mass is 10.2. The maximum atomic E-state index is 11.8. The van der Waals surface area contributed by atoms with E-state index in [0.29, 0.717) is 11.4 Å². The molecule has 0 saturated carbocycles. The number of rotatable bonds is 2. The summed E-state index contributed by atoms with van der Waals surface area (Å²) in [4.78, 5) is 17.3. The van der Waals surface area contributed by atoms with Crippen molar-refractivity contribution in [3.63, 3.8) is 0 Å². The predicted octanol–water partition coefficient (Wildman–Crippen LogP) is 0.889. The first kappa shape index (κ1) is 12.1. The lowest BCUT2D eigenvalue weighted by molar-refractivity contribution is 0.0821. The molecule has 6 heteroatoms. The third-order valence-corrected chi connectivity index (χ3v) is 2.52. The molecule has 2 rings (SSSR count). The van der Waals surface area contributed by atoms with E-state index in [1.165, 1.54) is 11.1 Å². The number of aryl methyl sites for hydroxylation is 1. The molecule has 0 aliphatic carbocycles. The van der Waals surface area contributed by atoms with Crippen LogP contribution in [0.1, 0.15) is 10.5 Å². The summed E-state index contributed by atoms with van der Waals surface area (Å²) in [6.07, 6.45) is 1.36. The second-order valence-electron chi connectivity index (χ2n) is 4.14. The van der Waals surface area contributed by atoms with E-state index in [9.17, 15) is 9.90 Å². The summed E-state index contributed by atoms with van der Waals surface area (Å²) in [5, 5.41) is 13.3. The molecule has 0 spiro atoms. The Bertz CT molecular complexity index is 572. The van der Waals surface area contributed by atoms with Crippen LogP contribution in [0, 0.1) is 0 Å². The first-order valence-corrected chi connectivity index (χ1v) is 5.40. The fourth-order valence-electron chi connectivity index (χ4n) is 1.58. The Morgan fingerprint density at radius 2 is 2.11 bits per heavy atom. The molecule has 94 valence electrons. The zero-order valence-electron chi connectivity index (χ0n) is 10.5. The van der Waals surface area contributed by atoms with E-state index in [0.717, 1.165) is 5.69 Å². The second-order valence-corrected chi connectivity index (χ2v) is 4.14. The molecule has 0 saturated heterocycles. The third kappa shape index (κ3) is 2.17. The molecule has 0 atom stereocenters. The molecule has 0 bridgehead atoms. The van der Waals surface area contributed by atoms with Crippen molar-refractivity contribution < 1.29 is 9.90 Å². The van der Waals surface area contributed by atoms with Gasteiger partial charge in [0.2, 0.25) is 0 Å². The van der Waals surface area contributed by atoms with Crippen molar-refractivity contribution in [1.82, 2.24) is 19.7 Å². The molecule has 18 heavy (non-hydrogen) atoms. The molecule has 2 aromatic rings. The highest BCUT2D eigenvalue weighted by Crippen LogP contribution is 2.19. The molecule has 0 aliphatic rings. The van der Waals surface area contributed by atoms with Crippen LogP contribution in [0.25, 0.3) is 11.4 Å². The summed E-state index contributed by atoms with van der Waals surface area (Å²) in [5.74, 6) is -0.0545. The Kier molecular flexibility index (Phi) is 3.01. The van der Waals surface area contributed by atoms with Crippen LogP contribution in [0.2, 0.25) is 0 Å². The number of carbonyl (C=O) groups is 1. The van der Waals surface area contributed by atoms with E-state index in [1.54, 1.807) is 44.0 Å². The van der Waals surface area contributed by atoms with E-state index in [1.807, 2.05) is 0 Å². The summed E-state index contributed by atoms with van der Waals surface area (Å²) in [7, 11) is 5.10. The average molecular weight is 246 g/mol. The van der Waals surface area contributed by atoms with E-state index in [2.05, 4.69) is 10.1 Å². The van der Waals surface area contributed by atoms with Crippen molar-refractivity contribution in [1.29, 1.82) is 0 Å². The van der Waals surface area contributed by atoms with E-state index >= 15 is 0 Å². The number of hydrogen-bond donors (Lipinski definition) is 1. The van der Waals surface area contributed by atoms with Gasteiger partial charge >= 0.3 is 0 Å². The van der Waals surface area contributed by atoms with Gasteiger partial charge in [-0.3, -0.25) is 14.5 Å². The van der Waals surface area contributed by atoms with Gasteiger partial charge in [0.15, 0.2) is 5.69 Å². The van der Waals surface area contributed by atoms with Crippen molar-refractivity contribution >= 4 is 5.91 Å². The zero-order valence-corrected chi connectivity index (χ0v) is 10.5. The third-order valence-electron chi connectivity index (χ3n) is 2.52. The standard InChI is InChI=1S/C12H14N4O2/c1-15(2)12(18)10-6-11(16(3)14-10)9-5-4-8(17)7-13-9/h4-7,17H,1-3H3. The van der Waals surface area contributed by atoms with Crippen LogP contribution in [0.4, 0.5) is 0 Å². The van der Waals surface area contributed by atoms with Crippen LogP contribution in [-0.2, 0) is 7.05 Å². The van der Waals surface area contributed by atoms with Crippen LogP contribution in [0.15, 0.2) is 24.4 Å². The van der Waals surface area contributed by atoms with Gasteiger partial charge in [-0.15, -0.1) is 0 Å². The summed E-state index contributed by atoms with van der Waals surface area (Å²) >= 11 is 0. The molecule has 0 aromatic carbocycles. The van der Waals surface area contributed by atoms with Gasteiger partial charge in [0.25, 0.3) is 5.91 Å². The minimum Gasteiger partial charge on any atom is -0.506 e. The molecule has 6 nitrogen and oxygen atoms in total. The second kappa shape index (κ2) is 4.48. The Labute approximate surface area is 104 Å². The molecule has 1 amide bonds. The Morgan fingerprint density at radius 1 is 1.39 bits per heavy atom. The van der Waals surface area contributed by atoms with E-state index < -0.39 is 0 Å². The molecule has 0 aliphatic heterocycles. The van der Waals surface area contributed by atoms with Gasteiger partial charge in [0.1, 0.15) is 5.75 Å². The molecular formula is C12H14N4O2. The van der Waals surface area contributed by atoms with Gasteiger partial charge in [-0.2, -0.15) is 5.10 Å². The van der Waals surface area contributed by atoms with Gasteiger partial charge in [-0.1, -0.05) is 0 Å². The molecule has 0 fully saturated rings. The highest BCUT2D eigenvalue weighted by atomic mass is 16.3. The molecule has 2 aromatic heterocycles. The van der Waals surface area contributed by atoms with Gasteiger partial charge in [-0.25, -0.2) is 0 Å². The number of amides is 1. The topological polar surface area (TPSA) is 71.2 Å². The summed E-state index contributed by atoms with van der Waals surface area (Å²) < 4.78 is 1.59. The predicted molar refractivity (Wildman–Crippen MR) is 66.1 cm³/mol. The van der Waals surface area contributed by atoms with Crippen molar-refractivity contribution in [2.24, 2.45) is 7.05 Å². The highest BCUT2D eigenvalue weighted by molar-refractivity contribution is 5.93. The SMILES string of the molecule is CN(C)C(=O)c1cc(-c2ccc(O)cn2)n(C)n1.